The minimum Gasteiger partial charge on any atom is -0.267 e. The lowest BCUT2D eigenvalue weighted by Gasteiger charge is -2.08. The Morgan fingerprint density at radius 2 is 1.71 bits per heavy atom. The molecule has 3 rings (SSSR count). The third-order valence-electron chi connectivity index (χ3n) is 3.50. The number of hydrogen-bond donors (Lipinski definition) is 2. The Balaban J connectivity index is 1.79. The van der Waals surface area contributed by atoms with Crippen LogP contribution >= 0.6 is 0 Å². The highest BCUT2D eigenvalue weighted by Crippen LogP contribution is 2.13. The zero-order chi connectivity index (χ0) is 17.2. The van der Waals surface area contributed by atoms with Crippen LogP contribution in [0, 0.1) is 5.82 Å². The molecule has 0 atom stereocenters. The number of aromatic amines is 1. The summed E-state index contributed by atoms with van der Waals surface area (Å²) in [5, 5.41) is 7.30. The van der Waals surface area contributed by atoms with Crippen LogP contribution in [0.2, 0.25) is 0 Å². The third-order valence-corrected chi connectivity index (χ3v) is 4.80. The molecule has 0 aliphatic rings. The molecule has 0 saturated carbocycles. The van der Waals surface area contributed by atoms with E-state index >= 15 is 0 Å². The molecule has 124 valence electrons. The highest BCUT2D eigenvalue weighted by atomic mass is 32.2. The first-order chi connectivity index (χ1) is 11.4. The number of hydrogen-bond acceptors (Lipinski definition) is 4. The predicted octanol–water partition coefficient (Wildman–Crippen LogP) is 1.68. The normalized spacial score (nSPS) is 11.7. The fraction of sp³-hybridized carbons (Fsp3) is 0.125. The summed E-state index contributed by atoms with van der Waals surface area (Å²) in [6.07, 6.45) is 0. The van der Waals surface area contributed by atoms with Gasteiger partial charge in [0.05, 0.1) is 23.4 Å². The lowest BCUT2D eigenvalue weighted by molar-refractivity contribution is 0.579. The van der Waals surface area contributed by atoms with Gasteiger partial charge in [0.25, 0.3) is 5.56 Å². The van der Waals surface area contributed by atoms with E-state index in [2.05, 4.69) is 14.9 Å². The van der Waals surface area contributed by atoms with Gasteiger partial charge in [-0.2, -0.15) is 5.10 Å². The standard InChI is InChI=1S/C16H14FN3O3S/c17-12-7-5-11(6-8-12)10-24(22,23)18-9-15-13-3-1-2-4-14(13)16(21)20-19-15/h1-8,18H,9-10H2,(H,20,21). The van der Waals surface area contributed by atoms with E-state index in [0.29, 0.717) is 22.0 Å². The molecule has 24 heavy (non-hydrogen) atoms. The van der Waals surface area contributed by atoms with Gasteiger partial charge in [-0.05, 0) is 23.8 Å². The molecule has 0 spiro atoms. The largest absolute Gasteiger partial charge is 0.272 e. The zero-order valence-electron chi connectivity index (χ0n) is 12.5. The lowest BCUT2D eigenvalue weighted by atomic mass is 10.1. The molecule has 0 aliphatic carbocycles. The molecule has 0 bridgehead atoms. The minimum atomic E-state index is -3.63. The van der Waals surface area contributed by atoms with E-state index in [1.54, 1.807) is 24.3 Å². The van der Waals surface area contributed by atoms with Crippen molar-refractivity contribution in [2.24, 2.45) is 0 Å². The van der Waals surface area contributed by atoms with Crippen molar-refractivity contribution in [3.63, 3.8) is 0 Å². The van der Waals surface area contributed by atoms with E-state index < -0.39 is 15.8 Å². The molecule has 0 amide bonds. The minimum absolute atomic E-state index is 0.0547. The van der Waals surface area contributed by atoms with Gasteiger partial charge in [0, 0.05) is 5.39 Å². The van der Waals surface area contributed by atoms with E-state index in [9.17, 15) is 17.6 Å². The van der Waals surface area contributed by atoms with E-state index in [1.807, 2.05) is 0 Å². The highest BCUT2D eigenvalue weighted by Gasteiger charge is 2.13. The number of halogens is 1. The Labute approximate surface area is 137 Å². The molecular formula is C16H14FN3O3S. The second kappa shape index (κ2) is 6.50. The summed E-state index contributed by atoms with van der Waals surface area (Å²) < 4.78 is 39.6. The Kier molecular flexibility index (Phi) is 4.41. The first-order valence-electron chi connectivity index (χ1n) is 7.13. The Hall–Kier alpha value is -2.58. The van der Waals surface area contributed by atoms with Gasteiger partial charge in [-0.3, -0.25) is 4.79 Å². The summed E-state index contributed by atoms with van der Waals surface area (Å²) in [5.41, 5.74) is 0.569. The van der Waals surface area contributed by atoms with Crippen molar-refractivity contribution in [1.29, 1.82) is 0 Å². The van der Waals surface area contributed by atoms with E-state index in [4.69, 9.17) is 0 Å². The molecule has 6 nitrogen and oxygen atoms in total. The quantitative estimate of drug-likeness (QED) is 0.734. The number of rotatable bonds is 5. The first kappa shape index (κ1) is 16.3. The maximum atomic E-state index is 12.9. The van der Waals surface area contributed by atoms with Gasteiger partial charge in [0.1, 0.15) is 5.82 Å². The second-order valence-electron chi connectivity index (χ2n) is 5.25. The van der Waals surface area contributed by atoms with Crippen LogP contribution in [0.4, 0.5) is 4.39 Å². The van der Waals surface area contributed by atoms with Crippen molar-refractivity contribution in [3.8, 4) is 0 Å². The molecule has 8 heteroatoms. The number of nitrogens with one attached hydrogen (secondary N) is 2. The van der Waals surface area contributed by atoms with Crippen molar-refractivity contribution in [1.82, 2.24) is 14.9 Å². The molecule has 0 saturated heterocycles. The Morgan fingerprint density at radius 3 is 2.42 bits per heavy atom. The number of nitrogens with zero attached hydrogens (tertiary/aromatic N) is 1. The highest BCUT2D eigenvalue weighted by molar-refractivity contribution is 7.88. The van der Waals surface area contributed by atoms with Crippen molar-refractivity contribution in [2.45, 2.75) is 12.3 Å². The number of sulfonamides is 1. The Bertz CT molecular complexity index is 1030. The van der Waals surface area contributed by atoms with Crippen molar-refractivity contribution in [2.75, 3.05) is 0 Å². The molecular weight excluding hydrogens is 333 g/mol. The van der Waals surface area contributed by atoms with Crippen LogP contribution in [0.5, 0.6) is 0 Å². The lowest BCUT2D eigenvalue weighted by Crippen LogP contribution is -2.26. The van der Waals surface area contributed by atoms with Gasteiger partial charge in [0.2, 0.25) is 10.0 Å². The average Bonchev–Trinajstić information content (AvgIpc) is 2.56. The number of aromatic nitrogens is 2. The fourth-order valence-electron chi connectivity index (χ4n) is 2.34. The third kappa shape index (κ3) is 3.66. The van der Waals surface area contributed by atoms with Crippen LogP contribution in [0.1, 0.15) is 11.3 Å². The van der Waals surface area contributed by atoms with Crippen molar-refractivity contribution < 1.29 is 12.8 Å². The molecule has 0 aliphatic heterocycles. The fourth-order valence-corrected chi connectivity index (χ4v) is 3.43. The van der Waals surface area contributed by atoms with Gasteiger partial charge < -0.3 is 0 Å². The van der Waals surface area contributed by atoms with Gasteiger partial charge in [-0.15, -0.1) is 0 Å². The van der Waals surface area contributed by atoms with Crippen LogP contribution in [0.15, 0.2) is 53.3 Å². The topological polar surface area (TPSA) is 91.9 Å². The maximum absolute atomic E-state index is 12.9. The summed E-state index contributed by atoms with van der Waals surface area (Å²) in [7, 11) is -3.63. The van der Waals surface area contributed by atoms with Gasteiger partial charge in [-0.25, -0.2) is 22.6 Å². The van der Waals surface area contributed by atoms with Crippen LogP contribution < -0.4 is 10.3 Å². The Morgan fingerprint density at radius 1 is 1.04 bits per heavy atom. The molecule has 1 heterocycles. The molecule has 2 aromatic carbocycles. The number of H-pyrrole nitrogens is 1. The molecule has 2 N–H and O–H groups in total. The van der Waals surface area contributed by atoms with Crippen LogP contribution in [-0.2, 0) is 22.3 Å². The van der Waals surface area contributed by atoms with Crippen LogP contribution in [0.3, 0.4) is 0 Å². The van der Waals surface area contributed by atoms with Crippen molar-refractivity contribution >= 4 is 20.8 Å². The van der Waals surface area contributed by atoms with E-state index in [-0.39, 0.29) is 17.9 Å². The summed E-state index contributed by atoms with van der Waals surface area (Å²) in [4.78, 5) is 11.7. The van der Waals surface area contributed by atoms with Gasteiger partial charge in [0.15, 0.2) is 0 Å². The maximum Gasteiger partial charge on any atom is 0.272 e. The molecule has 3 aromatic rings. The summed E-state index contributed by atoms with van der Waals surface area (Å²) >= 11 is 0. The first-order valence-corrected chi connectivity index (χ1v) is 8.78. The summed E-state index contributed by atoms with van der Waals surface area (Å²) in [5.74, 6) is -0.692. The molecule has 0 unspecified atom stereocenters. The van der Waals surface area contributed by atoms with Crippen LogP contribution in [0.25, 0.3) is 10.8 Å². The van der Waals surface area contributed by atoms with Gasteiger partial charge >= 0.3 is 0 Å². The smallest absolute Gasteiger partial charge is 0.267 e. The monoisotopic (exact) mass is 347 g/mol. The van der Waals surface area contributed by atoms with E-state index in [0.717, 1.165) is 0 Å². The molecule has 0 radical (unpaired) electrons. The predicted molar refractivity (Wildman–Crippen MR) is 88.2 cm³/mol. The molecule has 1 aromatic heterocycles. The molecule has 0 fully saturated rings. The zero-order valence-corrected chi connectivity index (χ0v) is 13.3. The average molecular weight is 347 g/mol. The second-order valence-corrected chi connectivity index (χ2v) is 7.06. The van der Waals surface area contributed by atoms with Crippen LogP contribution in [-0.4, -0.2) is 18.6 Å². The number of benzene rings is 2. The summed E-state index contributed by atoms with van der Waals surface area (Å²) in [6.45, 7) is -0.0547. The summed E-state index contributed by atoms with van der Waals surface area (Å²) in [6, 6.07) is 12.1. The van der Waals surface area contributed by atoms with Gasteiger partial charge in [-0.1, -0.05) is 30.3 Å². The number of fused-ring (bicyclic) bond motifs is 1. The SMILES string of the molecule is O=c1[nH]nc(CNS(=O)(=O)Cc2ccc(F)cc2)c2ccccc12. The van der Waals surface area contributed by atoms with Crippen molar-refractivity contribution in [3.05, 3.63) is 76.0 Å². The van der Waals surface area contributed by atoms with E-state index in [1.165, 1.54) is 24.3 Å².